The van der Waals surface area contributed by atoms with Crippen LogP contribution in [0.1, 0.15) is 87.1 Å². The number of aliphatic hydroxyl groups is 6. The van der Waals surface area contributed by atoms with Gasteiger partial charge in [0.1, 0.15) is 11.9 Å². The van der Waals surface area contributed by atoms with Gasteiger partial charge in [-0.3, -0.25) is 5.10 Å². The number of aliphatic hydroxyl groups excluding tert-OH is 1. The molecule has 3 unspecified atom stereocenters. The number of nitrogens with zero attached hydrogens (tertiary/aromatic N) is 2. The predicted molar refractivity (Wildman–Crippen MR) is 178 cm³/mol. The highest BCUT2D eigenvalue weighted by atomic mass is 16.5. The van der Waals surface area contributed by atoms with E-state index in [1.807, 2.05) is 65.0 Å². The fourth-order valence-corrected chi connectivity index (χ4v) is 4.04. The number of hydrogen-bond donors (Lipinski definition) is 7. The van der Waals surface area contributed by atoms with E-state index in [4.69, 9.17) is 5.11 Å². The average Bonchev–Trinajstić information content (AvgIpc) is 3.44. The molecule has 0 bridgehead atoms. The molecule has 3 atom stereocenters. The third-order valence-corrected chi connectivity index (χ3v) is 7.31. The molecule has 0 spiro atoms. The van der Waals surface area contributed by atoms with Crippen LogP contribution in [0, 0.1) is 12.8 Å². The fraction of sp³-hybridized carbons (Fsp3) is 0.486. The monoisotopic (exact) mass is 611 g/mol. The molecule has 0 aliphatic heterocycles. The Morgan fingerprint density at radius 3 is 1.93 bits per heavy atom. The van der Waals surface area contributed by atoms with Gasteiger partial charge in [0.15, 0.2) is 11.6 Å². The predicted octanol–water partition coefficient (Wildman–Crippen LogP) is 5.09. The molecule has 0 saturated heterocycles. The SMILES string of the molecule is C#C.CC.CC(C)=C(C)CO.CC1(O)C=C(c2ccccc2-c2ncn[nH]2)C=CC(C(C)(O)CCCC(C)(O)C(C)(O)O)=C1. The molecule has 2 aromatic rings. The van der Waals surface area contributed by atoms with Crippen molar-refractivity contribution in [2.75, 3.05) is 6.61 Å². The van der Waals surface area contributed by atoms with E-state index in [9.17, 15) is 25.5 Å². The van der Waals surface area contributed by atoms with Gasteiger partial charge in [-0.1, -0.05) is 55.8 Å². The number of benzene rings is 1. The summed E-state index contributed by atoms with van der Waals surface area (Å²) in [7, 11) is 0. The number of allylic oxidation sites excluding steroid dienone is 3. The first kappa shape index (κ1) is 40.6. The van der Waals surface area contributed by atoms with Crippen molar-refractivity contribution in [1.29, 1.82) is 0 Å². The zero-order valence-electron chi connectivity index (χ0n) is 27.8. The van der Waals surface area contributed by atoms with E-state index in [-0.39, 0.29) is 19.4 Å². The Hall–Kier alpha value is -3.36. The lowest BCUT2D eigenvalue weighted by Gasteiger charge is -2.35. The highest BCUT2D eigenvalue weighted by Crippen LogP contribution is 2.36. The van der Waals surface area contributed by atoms with Gasteiger partial charge in [0.25, 0.3) is 0 Å². The largest absolute Gasteiger partial charge is 0.392 e. The maximum Gasteiger partial charge on any atom is 0.189 e. The van der Waals surface area contributed by atoms with Crippen molar-refractivity contribution < 1.29 is 30.6 Å². The Kier molecular flexibility index (Phi) is 16.5. The van der Waals surface area contributed by atoms with Crippen LogP contribution in [-0.4, -0.2) is 75.0 Å². The molecular formula is C35H53N3O6. The van der Waals surface area contributed by atoms with Gasteiger partial charge < -0.3 is 30.6 Å². The smallest absolute Gasteiger partial charge is 0.189 e. The van der Waals surface area contributed by atoms with Crippen LogP contribution in [0.4, 0.5) is 0 Å². The van der Waals surface area contributed by atoms with Gasteiger partial charge in [0.05, 0.1) is 17.8 Å². The van der Waals surface area contributed by atoms with Crippen molar-refractivity contribution in [1.82, 2.24) is 15.2 Å². The number of hydrogen-bond acceptors (Lipinski definition) is 8. The van der Waals surface area contributed by atoms with Crippen LogP contribution in [0.2, 0.25) is 0 Å². The molecule has 7 N–H and O–H groups in total. The summed E-state index contributed by atoms with van der Waals surface area (Å²) >= 11 is 0. The van der Waals surface area contributed by atoms with Gasteiger partial charge in [-0.05, 0) is 102 Å². The minimum Gasteiger partial charge on any atom is -0.392 e. The highest BCUT2D eigenvalue weighted by Gasteiger charge is 2.40. The molecule has 1 aliphatic carbocycles. The summed E-state index contributed by atoms with van der Waals surface area (Å²) in [5.74, 6) is -1.64. The lowest BCUT2D eigenvalue weighted by molar-refractivity contribution is -0.259. The van der Waals surface area contributed by atoms with E-state index in [0.717, 1.165) is 29.2 Å². The van der Waals surface area contributed by atoms with E-state index in [0.29, 0.717) is 17.8 Å². The van der Waals surface area contributed by atoms with Gasteiger partial charge in [-0.2, -0.15) is 5.10 Å². The second kappa shape index (κ2) is 17.8. The topological polar surface area (TPSA) is 163 Å². The standard InChI is InChI=1S/C25H33N3O5.C6H12O.C2H6.C2H2/c1-22(29)14-17(19-8-5-6-9-20(19)21-26-16-27-28-21)10-11-18(15-22)23(2,30)12-7-13-24(3,31)25(4,32)33;1-5(2)6(3)4-7;2*1-2/h5-6,8-11,14-16,29-33H,7,12-13H2,1-4H3,(H,26,27,28);7H,4H2,1-3H3;1-2H3;1-2H. The lowest BCUT2D eigenvalue weighted by Crippen LogP contribution is -2.50. The fourth-order valence-electron chi connectivity index (χ4n) is 4.04. The minimum atomic E-state index is -2.25. The molecule has 0 amide bonds. The van der Waals surface area contributed by atoms with E-state index in [1.54, 1.807) is 32.1 Å². The van der Waals surface area contributed by atoms with Crippen molar-refractivity contribution in [3.63, 3.8) is 0 Å². The summed E-state index contributed by atoms with van der Waals surface area (Å²) in [6.45, 7) is 15.9. The molecule has 44 heavy (non-hydrogen) atoms. The van der Waals surface area contributed by atoms with Gasteiger partial charge in [-0.15, -0.1) is 12.8 Å². The van der Waals surface area contributed by atoms with Crippen molar-refractivity contribution in [2.24, 2.45) is 0 Å². The summed E-state index contributed by atoms with van der Waals surface area (Å²) in [6, 6.07) is 7.64. The molecule has 1 aliphatic rings. The number of terminal acetylenes is 1. The summed E-state index contributed by atoms with van der Waals surface area (Å²) in [5, 5.41) is 67.2. The summed E-state index contributed by atoms with van der Waals surface area (Å²) in [6.07, 6.45) is 17.0. The molecule has 0 fully saturated rings. The maximum atomic E-state index is 11.2. The van der Waals surface area contributed by atoms with E-state index >= 15 is 0 Å². The van der Waals surface area contributed by atoms with E-state index in [2.05, 4.69) is 28.0 Å². The van der Waals surface area contributed by atoms with Crippen LogP contribution in [-0.2, 0) is 0 Å². The number of H-pyrrole nitrogens is 1. The molecule has 0 radical (unpaired) electrons. The molecule has 9 nitrogen and oxygen atoms in total. The van der Waals surface area contributed by atoms with Crippen LogP contribution >= 0.6 is 0 Å². The Bertz CT molecular complexity index is 1290. The van der Waals surface area contributed by atoms with E-state index in [1.165, 1.54) is 18.8 Å². The Morgan fingerprint density at radius 1 is 0.909 bits per heavy atom. The van der Waals surface area contributed by atoms with Crippen molar-refractivity contribution in [3.05, 3.63) is 77.2 Å². The lowest BCUT2D eigenvalue weighted by atomic mass is 9.84. The summed E-state index contributed by atoms with van der Waals surface area (Å²) in [5.41, 5.74) is 0.860. The molecular weight excluding hydrogens is 558 g/mol. The first-order valence-electron chi connectivity index (χ1n) is 14.7. The van der Waals surface area contributed by atoms with Crippen LogP contribution in [0.3, 0.4) is 0 Å². The van der Waals surface area contributed by atoms with Crippen LogP contribution in [0.15, 0.2) is 71.6 Å². The quantitative estimate of drug-likeness (QED) is 0.117. The van der Waals surface area contributed by atoms with Crippen LogP contribution in [0.25, 0.3) is 17.0 Å². The Morgan fingerprint density at radius 2 is 1.48 bits per heavy atom. The Labute approximate surface area is 263 Å². The van der Waals surface area contributed by atoms with Crippen molar-refractivity contribution in [3.8, 4) is 24.2 Å². The van der Waals surface area contributed by atoms with Crippen molar-refractivity contribution >= 4 is 5.57 Å². The summed E-state index contributed by atoms with van der Waals surface area (Å²) in [4.78, 5) is 4.24. The molecule has 1 aromatic heterocycles. The first-order chi connectivity index (χ1) is 20.4. The molecule has 244 valence electrons. The Balaban J connectivity index is 0.00000146. The number of aromatic nitrogens is 3. The first-order valence-corrected chi connectivity index (χ1v) is 14.7. The normalized spacial score (nSPS) is 18.6. The zero-order valence-corrected chi connectivity index (χ0v) is 27.8. The zero-order chi connectivity index (χ0) is 34.4. The molecule has 0 saturated carbocycles. The van der Waals surface area contributed by atoms with Crippen LogP contribution < -0.4 is 0 Å². The van der Waals surface area contributed by atoms with Crippen LogP contribution in [0.5, 0.6) is 0 Å². The molecule has 1 aromatic carbocycles. The van der Waals surface area contributed by atoms with Gasteiger partial charge >= 0.3 is 0 Å². The van der Waals surface area contributed by atoms with Gasteiger partial charge in [0, 0.05) is 5.56 Å². The van der Waals surface area contributed by atoms with E-state index < -0.39 is 22.6 Å². The molecule has 3 rings (SSSR count). The third kappa shape index (κ3) is 12.3. The maximum absolute atomic E-state index is 11.2. The number of aromatic amines is 1. The second-order valence-electron chi connectivity index (χ2n) is 11.5. The van der Waals surface area contributed by atoms with Gasteiger partial charge in [0.2, 0.25) is 0 Å². The number of rotatable bonds is 9. The molecule has 1 heterocycles. The minimum absolute atomic E-state index is 0.0775. The highest BCUT2D eigenvalue weighted by molar-refractivity contribution is 5.85. The summed E-state index contributed by atoms with van der Waals surface area (Å²) < 4.78 is 0. The molecule has 9 heteroatoms. The van der Waals surface area contributed by atoms with Gasteiger partial charge in [-0.25, -0.2) is 4.98 Å². The number of nitrogens with one attached hydrogen (secondary N) is 1. The third-order valence-electron chi connectivity index (χ3n) is 7.31. The average molecular weight is 612 g/mol. The second-order valence-corrected chi connectivity index (χ2v) is 11.5. The van der Waals surface area contributed by atoms with Crippen molar-refractivity contribution in [2.45, 2.75) is 104 Å².